The molecule has 2 aliphatic heterocycles. The number of carbonyl (C=O) groups excluding carboxylic acids is 1. The molecule has 57 heavy (non-hydrogen) atoms. The van der Waals surface area contributed by atoms with E-state index < -0.39 is 40.7 Å². The van der Waals surface area contributed by atoms with Gasteiger partial charge in [0.2, 0.25) is 0 Å². The molecule has 0 aliphatic carbocycles. The Hall–Kier alpha value is -4.03. The van der Waals surface area contributed by atoms with Crippen LogP contribution in [0.5, 0.6) is 0 Å². The number of piperazine rings is 1. The number of halogens is 4. The summed E-state index contributed by atoms with van der Waals surface area (Å²) in [6, 6.07) is 10.4. The van der Waals surface area contributed by atoms with Crippen LogP contribution in [-0.2, 0) is 4.74 Å². The smallest absolute Gasteiger partial charge is 0.410 e. The van der Waals surface area contributed by atoms with Gasteiger partial charge < -0.3 is 49.3 Å². The highest BCUT2D eigenvalue weighted by Gasteiger charge is 2.26. The quantitative estimate of drug-likeness (QED) is 0.136. The number of fused-ring (bicyclic) bond motifs is 2. The summed E-state index contributed by atoms with van der Waals surface area (Å²) in [5.41, 5.74) is -0.0896. The van der Waals surface area contributed by atoms with E-state index in [-0.39, 0.29) is 43.0 Å². The molecule has 2 atom stereocenters. The van der Waals surface area contributed by atoms with Gasteiger partial charge in [-0.2, -0.15) is 0 Å². The van der Waals surface area contributed by atoms with E-state index in [2.05, 4.69) is 20.4 Å². The number of aliphatic hydroxyl groups excluding tert-OH is 3. The van der Waals surface area contributed by atoms with Crippen molar-refractivity contribution < 1.29 is 42.5 Å². The summed E-state index contributed by atoms with van der Waals surface area (Å²) in [6.45, 7) is 11.3. The van der Waals surface area contributed by atoms with Gasteiger partial charge >= 0.3 is 17.3 Å². The van der Waals surface area contributed by atoms with Gasteiger partial charge in [0, 0.05) is 82.4 Å². The normalized spacial score (nSPS) is 15.8. The van der Waals surface area contributed by atoms with Crippen LogP contribution in [0.25, 0.3) is 21.9 Å². The van der Waals surface area contributed by atoms with E-state index in [1.54, 1.807) is 4.90 Å². The van der Waals surface area contributed by atoms with Gasteiger partial charge in [-0.05, 0) is 83.1 Å². The average molecular weight is 847 g/mol. The summed E-state index contributed by atoms with van der Waals surface area (Å²) >= 11 is 0. The Bertz CT molecular complexity index is 1970. The second kappa shape index (κ2) is 23.4. The molecule has 2 aromatic heterocycles. The Kier molecular flexibility index (Phi) is 20.2. The summed E-state index contributed by atoms with van der Waals surface area (Å²) in [5.74, 6) is -0.842. The van der Waals surface area contributed by atoms with Crippen molar-refractivity contribution >= 4 is 64.2 Å². The number of rotatable bonds is 10. The van der Waals surface area contributed by atoms with Gasteiger partial charge in [-0.25, -0.2) is 23.2 Å². The number of anilines is 2. The SMILES string of the molecule is CC(C)(C)OC(=O)N1CCN(CC(O)CNc2cc(=O)oc3ccc(F)cc23)CC1.CO.Cl.Cl.O=c1cc(NCC(O)CN2CCCCC2)c2cc(F)ccc2o1. The first-order valence-corrected chi connectivity index (χ1v) is 18.4. The molecular formula is C39H55Cl2F2N5O9. The van der Waals surface area contributed by atoms with Gasteiger partial charge in [-0.1, -0.05) is 6.42 Å². The van der Waals surface area contributed by atoms with Crippen LogP contribution in [0.3, 0.4) is 0 Å². The third-order valence-corrected chi connectivity index (χ3v) is 8.88. The van der Waals surface area contributed by atoms with Crippen molar-refractivity contribution in [3.05, 3.63) is 81.0 Å². The number of aliphatic hydroxyl groups is 3. The lowest BCUT2D eigenvalue weighted by Crippen LogP contribution is -2.51. The molecule has 2 fully saturated rings. The Morgan fingerprint density at radius 1 is 0.719 bits per heavy atom. The molecule has 5 N–H and O–H groups in total. The number of benzene rings is 2. The number of piperidine rings is 1. The average Bonchev–Trinajstić information content (AvgIpc) is 3.14. The van der Waals surface area contributed by atoms with E-state index in [1.165, 1.54) is 67.8 Å². The first kappa shape index (κ1) is 49.1. The maximum atomic E-state index is 13.6. The van der Waals surface area contributed by atoms with Crippen LogP contribution in [0, 0.1) is 11.6 Å². The lowest BCUT2D eigenvalue weighted by atomic mass is 10.1. The monoisotopic (exact) mass is 845 g/mol. The van der Waals surface area contributed by atoms with Crippen LogP contribution in [-0.4, -0.2) is 126 Å². The Balaban J connectivity index is 0.000000375. The molecule has 0 spiro atoms. The summed E-state index contributed by atoms with van der Waals surface area (Å²) < 4.78 is 42.5. The van der Waals surface area contributed by atoms with Gasteiger partial charge in [0.25, 0.3) is 0 Å². The number of hydrogen-bond donors (Lipinski definition) is 5. The van der Waals surface area contributed by atoms with Gasteiger partial charge in [-0.3, -0.25) is 4.90 Å². The van der Waals surface area contributed by atoms with Gasteiger partial charge in [0.05, 0.1) is 23.6 Å². The summed E-state index contributed by atoms with van der Waals surface area (Å²) in [6.07, 6.45) is 2.00. The topological polar surface area (TPSA) is 181 Å². The van der Waals surface area contributed by atoms with E-state index in [1.807, 2.05) is 20.8 Å². The highest BCUT2D eigenvalue weighted by molar-refractivity contribution is 5.90. The number of carbonyl (C=O) groups is 1. The van der Waals surface area contributed by atoms with Crippen molar-refractivity contribution in [3.63, 3.8) is 0 Å². The van der Waals surface area contributed by atoms with Crippen molar-refractivity contribution in [3.8, 4) is 0 Å². The second-order valence-corrected chi connectivity index (χ2v) is 14.4. The molecule has 2 saturated heterocycles. The summed E-state index contributed by atoms with van der Waals surface area (Å²) in [4.78, 5) is 41.4. The third-order valence-electron chi connectivity index (χ3n) is 8.88. The van der Waals surface area contributed by atoms with E-state index in [9.17, 15) is 33.4 Å². The zero-order valence-electron chi connectivity index (χ0n) is 32.7. The Labute approximate surface area is 342 Å². The first-order valence-electron chi connectivity index (χ1n) is 18.4. The number of amides is 1. The first-order chi connectivity index (χ1) is 26.2. The molecule has 6 rings (SSSR count). The van der Waals surface area contributed by atoms with E-state index in [0.717, 1.165) is 20.2 Å². The molecule has 318 valence electrons. The lowest BCUT2D eigenvalue weighted by molar-refractivity contribution is 0.0108. The number of β-amino-alcohol motifs (C(OH)–C–C–N with tert-alkyl or cyclic N) is 2. The molecule has 0 saturated carbocycles. The van der Waals surface area contributed by atoms with E-state index >= 15 is 0 Å². The van der Waals surface area contributed by atoms with Gasteiger partial charge in [0.1, 0.15) is 28.4 Å². The molecule has 1 amide bonds. The molecule has 2 unspecified atom stereocenters. The lowest BCUT2D eigenvalue weighted by Gasteiger charge is -2.36. The molecule has 0 radical (unpaired) electrons. The molecular weight excluding hydrogens is 791 g/mol. The predicted octanol–water partition coefficient (Wildman–Crippen LogP) is 4.90. The highest BCUT2D eigenvalue weighted by Crippen LogP contribution is 2.24. The second-order valence-electron chi connectivity index (χ2n) is 14.4. The zero-order chi connectivity index (χ0) is 40.1. The number of ether oxygens (including phenoxy) is 1. The maximum absolute atomic E-state index is 13.6. The molecule has 4 heterocycles. The molecule has 18 heteroatoms. The standard InChI is InChI=1S/C21H28FN3O5.C17H21FN2O3.CH4O.2ClH/c1-21(2,3)30-20(28)25-8-6-24(7-9-25)13-15(26)12-23-17-11-19(27)29-18-5-4-14(22)10-16(17)18;18-12-4-5-16-14(8-12)15(9-17(22)23-16)19-10-13(21)11-20-6-2-1-3-7-20;1-2;;/h4-5,10-11,15,23,26H,6-9,12-13H2,1-3H3;4-5,8-9,13,19,21H,1-3,6-7,10-11H2;2H,1H3;2*1H. The third kappa shape index (κ3) is 15.7. The molecule has 4 aromatic rings. The highest BCUT2D eigenvalue weighted by atomic mass is 35.5. The van der Waals surface area contributed by atoms with Crippen molar-refractivity contribution in [2.45, 2.75) is 57.8 Å². The van der Waals surface area contributed by atoms with Crippen LogP contribution in [0.2, 0.25) is 0 Å². The summed E-state index contributed by atoms with van der Waals surface area (Å²) in [7, 11) is 1.00. The number of nitrogens with one attached hydrogen (secondary N) is 2. The minimum absolute atomic E-state index is 0. The maximum Gasteiger partial charge on any atom is 0.410 e. The van der Waals surface area contributed by atoms with Crippen molar-refractivity contribution in [1.29, 1.82) is 0 Å². The number of hydrogen-bond acceptors (Lipinski definition) is 13. The largest absolute Gasteiger partial charge is 0.444 e. The minimum Gasteiger partial charge on any atom is -0.444 e. The van der Waals surface area contributed by atoms with Crippen molar-refractivity contribution in [2.75, 3.05) is 83.2 Å². The molecule has 0 bridgehead atoms. The molecule has 2 aromatic carbocycles. The van der Waals surface area contributed by atoms with Crippen LogP contribution < -0.4 is 21.9 Å². The minimum atomic E-state index is -0.714. The number of likely N-dealkylation sites (tertiary alicyclic amines) is 1. The number of nitrogens with zero attached hydrogens (tertiary/aromatic N) is 3. The van der Waals surface area contributed by atoms with Gasteiger partial charge in [-0.15, -0.1) is 24.8 Å². The van der Waals surface area contributed by atoms with Crippen LogP contribution >= 0.6 is 24.8 Å². The fourth-order valence-electron chi connectivity index (χ4n) is 6.32. The Morgan fingerprint density at radius 3 is 1.56 bits per heavy atom. The van der Waals surface area contributed by atoms with Crippen LogP contribution in [0.4, 0.5) is 25.0 Å². The Morgan fingerprint density at radius 2 is 1.14 bits per heavy atom. The van der Waals surface area contributed by atoms with E-state index in [4.69, 9.17) is 18.7 Å². The van der Waals surface area contributed by atoms with Gasteiger partial charge in [0.15, 0.2) is 0 Å². The van der Waals surface area contributed by atoms with Crippen molar-refractivity contribution in [2.24, 2.45) is 0 Å². The fourth-order valence-corrected chi connectivity index (χ4v) is 6.32. The predicted molar refractivity (Wildman–Crippen MR) is 221 cm³/mol. The van der Waals surface area contributed by atoms with E-state index in [0.29, 0.717) is 73.5 Å². The zero-order valence-corrected chi connectivity index (χ0v) is 34.3. The molecule has 14 nitrogen and oxygen atoms in total. The van der Waals surface area contributed by atoms with Crippen LogP contribution in [0.15, 0.2) is 67.0 Å². The van der Waals surface area contributed by atoms with Crippen LogP contribution in [0.1, 0.15) is 40.0 Å². The van der Waals surface area contributed by atoms with Crippen molar-refractivity contribution in [1.82, 2.24) is 14.7 Å². The summed E-state index contributed by atoms with van der Waals surface area (Å²) in [5, 5.41) is 34.6. The molecule has 2 aliphatic rings. The fraction of sp³-hybridized carbons (Fsp3) is 0.513.